The third-order valence-corrected chi connectivity index (χ3v) is 7.59. The fourth-order valence-corrected chi connectivity index (χ4v) is 5.69. The van der Waals surface area contributed by atoms with Gasteiger partial charge < -0.3 is 24.1 Å². The summed E-state index contributed by atoms with van der Waals surface area (Å²) in [6.07, 6.45) is 0.911. The number of thiophene rings is 1. The van der Waals surface area contributed by atoms with Gasteiger partial charge in [0.2, 0.25) is 11.7 Å². The summed E-state index contributed by atoms with van der Waals surface area (Å²) in [6.45, 7) is 1.12. The summed E-state index contributed by atoms with van der Waals surface area (Å²) in [7, 11) is 0. The Bertz CT molecular complexity index is 1500. The maximum Gasteiger partial charge on any atom is 0.240 e. The molecular weight excluding hydrogens is 512 g/mol. The quantitative estimate of drug-likeness (QED) is 0.225. The molecule has 8 heteroatoms. The number of nitrogens with zero attached hydrogens (tertiary/aromatic N) is 2. The predicted molar refractivity (Wildman–Crippen MR) is 148 cm³/mol. The van der Waals surface area contributed by atoms with Gasteiger partial charge in [-0.1, -0.05) is 78.9 Å². The Morgan fingerprint density at radius 2 is 1.54 bits per heavy atom. The first-order chi connectivity index (χ1) is 19.2. The van der Waals surface area contributed by atoms with Gasteiger partial charge >= 0.3 is 0 Å². The van der Waals surface area contributed by atoms with Crippen LogP contribution >= 0.6 is 11.3 Å². The van der Waals surface area contributed by atoms with Crippen LogP contribution in [0.25, 0.3) is 10.2 Å². The summed E-state index contributed by atoms with van der Waals surface area (Å²) >= 11 is 1.40. The highest BCUT2D eigenvalue weighted by atomic mass is 32.1. The number of aliphatic hydroxyl groups is 1. The van der Waals surface area contributed by atoms with Crippen molar-refractivity contribution in [3.05, 3.63) is 119 Å². The lowest BCUT2D eigenvalue weighted by molar-refractivity contribution is -0.250. The van der Waals surface area contributed by atoms with Crippen molar-refractivity contribution in [2.24, 2.45) is 0 Å². The van der Waals surface area contributed by atoms with Crippen LogP contribution in [0.3, 0.4) is 0 Å². The zero-order valence-corrected chi connectivity index (χ0v) is 22.0. The molecule has 0 amide bonds. The van der Waals surface area contributed by atoms with E-state index in [-0.39, 0.29) is 6.10 Å². The maximum absolute atomic E-state index is 12.1. The number of benzene rings is 3. The SMILES string of the molecule is OC1(c2csc3c(Oc4ccccc4)ncnc23)OC(COCc2ccccc2)CC1OCc1ccccc1. The predicted octanol–water partition coefficient (Wildman–Crippen LogP) is 6.22. The molecule has 3 aromatic carbocycles. The topological polar surface area (TPSA) is 82.9 Å². The van der Waals surface area contributed by atoms with Crippen LogP contribution in [0.5, 0.6) is 11.6 Å². The lowest BCUT2D eigenvalue weighted by atomic mass is 10.0. The van der Waals surface area contributed by atoms with Gasteiger partial charge in [-0.05, 0) is 23.3 Å². The highest BCUT2D eigenvalue weighted by Gasteiger charge is 2.51. The molecule has 2 aromatic heterocycles. The van der Waals surface area contributed by atoms with Crippen LogP contribution in [0.4, 0.5) is 0 Å². The first-order valence-electron chi connectivity index (χ1n) is 12.8. The van der Waals surface area contributed by atoms with Crippen molar-refractivity contribution < 1.29 is 24.1 Å². The fourth-order valence-electron chi connectivity index (χ4n) is 4.71. The second kappa shape index (κ2) is 11.6. The molecule has 198 valence electrons. The number of hydrogen-bond acceptors (Lipinski definition) is 8. The van der Waals surface area contributed by atoms with Crippen LogP contribution in [0.15, 0.2) is 103 Å². The molecule has 1 fully saturated rings. The van der Waals surface area contributed by atoms with E-state index in [0.717, 1.165) is 15.8 Å². The fraction of sp³-hybridized carbons (Fsp3) is 0.226. The minimum absolute atomic E-state index is 0.321. The number of aromatic nitrogens is 2. The van der Waals surface area contributed by atoms with E-state index in [0.29, 0.717) is 49.0 Å². The maximum atomic E-state index is 12.1. The molecule has 0 spiro atoms. The largest absolute Gasteiger partial charge is 0.437 e. The van der Waals surface area contributed by atoms with Crippen molar-refractivity contribution in [2.75, 3.05) is 6.61 Å². The summed E-state index contributed by atoms with van der Waals surface area (Å²) in [5.41, 5.74) is 3.20. The Labute approximate surface area is 230 Å². The van der Waals surface area contributed by atoms with Crippen molar-refractivity contribution >= 4 is 21.6 Å². The summed E-state index contributed by atoms with van der Waals surface area (Å²) < 4.78 is 25.3. The van der Waals surface area contributed by atoms with E-state index in [1.165, 1.54) is 17.7 Å². The van der Waals surface area contributed by atoms with Crippen molar-refractivity contribution in [1.29, 1.82) is 0 Å². The summed E-state index contributed by atoms with van der Waals surface area (Å²) in [5.74, 6) is -0.622. The molecule has 0 aliphatic carbocycles. The van der Waals surface area contributed by atoms with Gasteiger partial charge in [-0.25, -0.2) is 9.97 Å². The molecule has 0 saturated carbocycles. The summed E-state index contributed by atoms with van der Waals surface area (Å²) in [5, 5.41) is 13.9. The minimum atomic E-state index is -1.72. The van der Waals surface area contributed by atoms with E-state index in [1.807, 2.05) is 96.4 Å². The van der Waals surface area contributed by atoms with Crippen molar-refractivity contribution in [2.45, 2.75) is 37.6 Å². The van der Waals surface area contributed by atoms with E-state index in [2.05, 4.69) is 9.97 Å². The summed E-state index contributed by atoms with van der Waals surface area (Å²) in [6, 6.07) is 29.3. The third kappa shape index (κ3) is 5.71. The monoisotopic (exact) mass is 540 g/mol. The van der Waals surface area contributed by atoms with Gasteiger partial charge in [0.15, 0.2) is 0 Å². The average Bonchev–Trinajstić information content (AvgIpc) is 3.56. The van der Waals surface area contributed by atoms with E-state index in [4.69, 9.17) is 18.9 Å². The van der Waals surface area contributed by atoms with Gasteiger partial charge in [0, 0.05) is 11.8 Å². The zero-order valence-electron chi connectivity index (χ0n) is 21.2. The van der Waals surface area contributed by atoms with E-state index in [9.17, 15) is 5.11 Å². The summed E-state index contributed by atoms with van der Waals surface area (Å²) in [4.78, 5) is 8.85. The molecule has 3 atom stereocenters. The number of rotatable bonds is 10. The molecule has 5 aromatic rings. The van der Waals surface area contributed by atoms with Crippen LogP contribution in [-0.2, 0) is 33.2 Å². The Kier molecular flexibility index (Phi) is 7.62. The second-order valence-corrected chi connectivity index (χ2v) is 10.3. The first kappa shape index (κ1) is 25.6. The Morgan fingerprint density at radius 3 is 2.26 bits per heavy atom. The lowest BCUT2D eigenvalue weighted by Gasteiger charge is -2.28. The molecular formula is C31H28N2O5S. The minimum Gasteiger partial charge on any atom is -0.437 e. The highest BCUT2D eigenvalue weighted by molar-refractivity contribution is 7.17. The molecule has 0 bridgehead atoms. The molecule has 7 nitrogen and oxygen atoms in total. The Morgan fingerprint density at radius 1 is 0.872 bits per heavy atom. The van der Waals surface area contributed by atoms with Gasteiger partial charge in [-0.2, -0.15) is 0 Å². The molecule has 3 heterocycles. The Hall–Kier alpha value is -3.66. The molecule has 3 unspecified atom stereocenters. The number of fused-ring (bicyclic) bond motifs is 1. The van der Waals surface area contributed by atoms with Crippen LogP contribution in [0.2, 0.25) is 0 Å². The lowest BCUT2D eigenvalue weighted by Crippen LogP contribution is -2.38. The van der Waals surface area contributed by atoms with Gasteiger partial charge in [-0.3, -0.25) is 0 Å². The van der Waals surface area contributed by atoms with E-state index in [1.54, 1.807) is 0 Å². The van der Waals surface area contributed by atoms with Gasteiger partial charge in [0.1, 0.15) is 22.9 Å². The smallest absolute Gasteiger partial charge is 0.240 e. The second-order valence-electron chi connectivity index (χ2n) is 9.38. The number of para-hydroxylation sites is 1. The zero-order chi connectivity index (χ0) is 26.5. The van der Waals surface area contributed by atoms with Crippen molar-refractivity contribution in [3.63, 3.8) is 0 Å². The number of ether oxygens (including phenoxy) is 4. The van der Waals surface area contributed by atoms with Crippen molar-refractivity contribution in [1.82, 2.24) is 9.97 Å². The average molecular weight is 541 g/mol. The Balaban J connectivity index is 1.25. The van der Waals surface area contributed by atoms with Gasteiger partial charge in [0.05, 0.1) is 37.0 Å². The van der Waals surface area contributed by atoms with E-state index >= 15 is 0 Å². The normalized spacial score (nSPS) is 20.8. The molecule has 1 saturated heterocycles. The first-order valence-corrected chi connectivity index (χ1v) is 13.7. The molecule has 1 aliphatic heterocycles. The van der Waals surface area contributed by atoms with Gasteiger partial charge in [-0.15, -0.1) is 11.3 Å². The highest BCUT2D eigenvalue weighted by Crippen LogP contribution is 2.45. The standard InChI is InChI=1S/C31H28N2O5S/c34-31(26-20-39-29-28(26)32-21-33-30(29)37-24-14-8-3-9-15-24)27(36-18-23-12-6-2-7-13-23)16-25(38-31)19-35-17-22-10-4-1-5-11-22/h1-15,20-21,25,27,34H,16-19H2. The molecule has 0 radical (unpaired) electrons. The van der Waals surface area contributed by atoms with E-state index < -0.39 is 11.9 Å². The molecule has 39 heavy (non-hydrogen) atoms. The van der Waals surface area contributed by atoms with Crippen molar-refractivity contribution in [3.8, 4) is 11.6 Å². The van der Waals surface area contributed by atoms with Crippen LogP contribution in [0, 0.1) is 0 Å². The molecule has 6 rings (SSSR count). The van der Waals surface area contributed by atoms with Gasteiger partial charge in [0.25, 0.3) is 0 Å². The van der Waals surface area contributed by atoms with Crippen LogP contribution in [0.1, 0.15) is 23.1 Å². The van der Waals surface area contributed by atoms with Crippen LogP contribution in [-0.4, -0.2) is 33.9 Å². The third-order valence-electron chi connectivity index (χ3n) is 6.63. The molecule has 1 N–H and O–H groups in total. The van der Waals surface area contributed by atoms with Crippen LogP contribution < -0.4 is 4.74 Å². The molecule has 1 aliphatic rings. The number of hydrogen-bond donors (Lipinski definition) is 1.